The number of rotatable bonds is 8. The van der Waals surface area contributed by atoms with E-state index in [-0.39, 0.29) is 42.7 Å². The van der Waals surface area contributed by atoms with Crippen LogP contribution in [-0.4, -0.2) is 36.8 Å². The molecule has 1 N–H and O–H groups in total. The Balaban J connectivity index is 1.83. The number of hydrogen-bond acceptors (Lipinski definition) is 5. The third kappa shape index (κ3) is 5.14. The average molecular weight is 346 g/mol. The van der Waals surface area contributed by atoms with Gasteiger partial charge in [-0.25, -0.2) is 4.79 Å². The van der Waals surface area contributed by atoms with Crippen LogP contribution in [0, 0.1) is 0 Å². The average Bonchev–Trinajstić information content (AvgIpc) is 2.95. The molecule has 1 aliphatic rings. The first-order valence-corrected chi connectivity index (χ1v) is 8.42. The minimum atomic E-state index is -0.630. The highest BCUT2D eigenvalue weighted by molar-refractivity contribution is 6.19. The molecule has 1 aliphatic heterocycles. The molecular weight excluding hydrogens is 324 g/mol. The van der Waals surface area contributed by atoms with Crippen LogP contribution in [0.3, 0.4) is 0 Å². The fourth-order valence-electron chi connectivity index (χ4n) is 2.48. The van der Waals surface area contributed by atoms with Gasteiger partial charge in [0.25, 0.3) is 5.91 Å². The molecule has 7 heteroatoms. The van der Waals surface area contributed by atoms with Gasteiger partial charge in [-0.15, -0.1) is 0 Å². The molecule has 1 saturated heterocycles. The van der Waals surface area contributed by atoms with E-state index in [9.17, 15) is 19.2 Å². The van der Waals surface area contributed by atoms with Gasteiger partial charge in [0.15, 0.2) is 6.61 Å². The number of carbonyl (C=O) groups is 4. The molecule has 0 saturated carbocycles. The van der Waals surface area contributed by atoms with Gasteiger partial charge >= 0.3 is 5.97 Å². The van der Waals surface area contributed by atoms with Gasteiger partial charge in [0, 0.05) is 19.4 Å². The predicted octanol–water partition coefficient (Wildman–Crippen LogP) is 1.80. The first-order chi connectivity index (χ1) is 12.0. The van der Waals surface area contributed by atoms with Crippen LogP contribution in [-0.2, 0) is 19.1 Å². The molecule has 1 fully saturated rings. The number of anilines is 1. The van der Waals surface area contributed by atoms with E-state index >= 15 is 0 Å². The number of hydrogen-bond donors (Lipinski definition) is 1. The number of imide groups is 1. The summed E-state index contributed by atoms with van der Waals surface area (Å²) in [4.78, 5) is 48.0. The molecule has 3 amide bonds. The number of nitrogens with zero attached hydrogens (tertiary/aromatic N) is 1. The van der Waals surface area contributed by atoms with Gasteiger partial charge in [-0.2, -0.15) is 0 Å². The van der Waals surface area contributed by atoms with Crippen LogP contribution in [0.5, 0.6) is 0 Å². The highest BCUT2D eigenvalue weighted by atomic mass is 16.5. The Bertz CT molecular complexity index is 638. The van der Waals surface area contributed by atoms with Crippen LogP contribution in [0.25, 0.3) is 0 Å². The number of nitrogens with one attached hydrogen (secondary N) is 1. The van der Waals surface area contributed by atoms with Crippen molar-refractivity contribution in [3.8, 4) is 0 Å². The molecule has 1 heterocycles. The molecule has 0 bridgehead atoms. The molecule has 134 valence electrons. The predicted molar refractivity (Wildman–Crippen MR) is 91.0 cm³/mol. The van der Waals surface area contributed by atoms with Gasteiger partial charge in [0.05, 0.1) is 11.3 Å². The molecule has 0 radical (unpaired) electrons. The number of ether oxygens (including phenoxy) is 1. The summed E-state index contributed by atoms with van der Waals surface area (Å²) >= 11 is 0. The van der Waals surface area contributed by atoms with Crippen LogP contribution in [0.4, 0.5) is 5.69 Å². The highest BCUT2D eigenvalue weighted by Gasteiger charge is 2.30. The lowest BCUT2D eigenvalue weighted by molar-refractivity contribution is -0.124. The first-order valence-electron chi connectivity index (χ1n) is 8.42. The van der Waals surface area contributed by atoms with E-state index in [1.54, 1.807) is 0 Å². The quantitative estimate of drug-likeness (QED) is 0.440. The summed E-state index contributed by atoms with van der Waals surface area (Å²) < 4.78 is 4.96. The topological polar surface area (TPSA) is 92.8 Å². The molecule has 0 atom stereocenters. The van der Waals surface area contributed by atoms with Gasteiger partial charge in [-0.3, -0.25) is 19.3 Å². The maximum Gasteiger partial charge on any atom is 0.338 e. The summed E-state index contributed by atoms with van der Waals surface area (Å²) in [7, 11) is 0. The van der Waals surface area contributed by atoms with Crippen LogP contribution in [0.15, 0.2) is 24.3 Å². The number of amides is 3. The second-order valence-corrected chi connectivity index (χ2v) is 5.80. The number of carbonyl (C=O) groups excluding carboxylic acids is 4. The maximum absolute atomic E-state index is 11.9. The van der Waals surface area contributed by atoms with Gasteiger partial charge in [0.1, 0.15) is 0 Å². The van der Waals surface area contributed by atoms with E-state index in [1.165, 1.54) is 24.3 Å². The minimum absolute atomic E-state index is 0.204. The van der Waals surface area contributed by atoms with Crippen molar-refractivity contribution in [2.45, 2.75) is 39.0 Å². The zero-order chi connectivity index (χ0) is 18.2. The van der Waals surface area contributed by atoms with Crippen molar-refractivity contribution in [3.05, 3.63) is 29.8 Å². The van der Waals surface area contributed by atoms with E-state index in [2.05, 4.69) is 12.2 Å². The Hall–Kier alpha value is -2.70. The third-order valence-electron chi connectivity index (χ3n) is 3.85. The third-order valence-corrected chi connectivity index (χ3v) is 3.85. The number of esters is 1. The van der Waals surface area contributed by atoms with Crippen molar-refractivity contribution >= 4 is 29.4 Å². The molecular formula is C18H22N2O5. The lowest BCUT2D eigenvalue weighted by Crippen LogP contribution is -2.29. The molecule has 2 rings (SSSR count). The standard InChI is InChI=1S/C18H22N2O5/c1-2-3-4-11-19-15(21)12-25-18(24)13-5-7-14(8-6-13)20-16(22)9-10-17(20)23/h5-8H,2-4,9-12H2,1H3,(H,19,21). The normalized spacial score (nSPS) is 13.9. The summed E-state index contributed by atoms with van der Waals surface area (Å²) in [5.41, 5.74) is 0.680. The fourth-order valence-corrected chi connectivity index (χ4v) is 2.48. The molecule has 7 nitrogen and oxygen atoms in total. The Morgan fingerprint density at radius 3 is 2.32 bits per heavy atom. The highest BCUT2D eigenvalue weighted by Crippen LogP contribution is 2.22. The number of unbranched alkanes of at least 4 members (excludes halogenated alkanes) is 2. The van der Waals surface area contributed by atoms with Gasteiger partial charge < -0.3 is 10.1 Å². The van der Waals surface area contributed by atoms with Crippen LogP contribution < -0.4 is 10.2 Å². The van der Waals surface area contributed by atoms with Gasteiger partial charge in [0.2, 0.25) is 11.8 Å². The summed E-state index contributed by atoms with van der Waals surface area (Å²) in [6.45, 7) is 2.30. The van der Waals surface area contributed by atoms with Crippen LogP contribution in [0.1, 0.15) is 49.4 Å². The van der Waals surface area contributed by atoms with Crippen molar-refractivity contribution < 1.29 is 23.9 Å². The Morgan fingerprint density at radius 2 is 1.72 bits per heavy atom. The zero-order valence-electron chi connectivity index (χ0n) is 14.2. The molecule has 0 spiro atoms. The van der Waals surface area contributed by atoms with Crippen molar-refractivity contribution in [3.63, 3.8) is 0 Å². The molecule has 1 aromatic rings. The monoisotopic (exact) mass is 346 g/mol. The Labute approximate surface area is 146 Å². The summed E-state index contributed by atoms with van der Waals surface area (Å²) in [6, 6.07) is 5.97. The molecule has 0 unspecified atom stereocenters. The number of benzene rings is 1. The Kier molecular flexibility index (Phi) is 6.68. The van der Waals surface area contributed by atoms with Crippen LogP contribution >= 0.6 is 0 Å². The van der Waals surface area contributed by atoms with Crippen LogP contribution in [0.2, 0.25) is 0 Å². The van der Waals surface area contributed by atoms with Gasteiger partial charge in [-0.05, 0) is 30.7 Å². The lowest BCUT2D eigenvalue weighted by atomic mass is 10.2. The largest absolute Gasteiger partial charge is 0.452 e. The van der Waals surface area contributed by atoms with Crippen molar-refractivity contribution in [2.75, 3.05) is 18.1 Å². The second kappa shape index (κ2) is 8.96. The maximum atomic E-state index is 11.9. The van der Waals surface area contributed by atoms with Gasteiger partial charge in [-0.1, -0.05) is 19.8 Å². The first kappa shape index (κ1) is 18.6. The summed E-state index contributed by atoms with van der Waals surface area (Å²) in [5.74, 6) is -1.47. The summed E-state index contributed by atoms with van der Waals surface area (Å²) in [5, 5.41) is 2.68. The fraction of sp³-hybridized carbons (Fsp3) is 0.444. The summed E-state index contributed by atoms with van der Waals surface area (Å²) in [6.07, 6.45) is 3.40. The molecule has 25 heavy (non-hydrogen) atoms. The van der Waals surface area contributed by atoms with E-state index in [4.69, 9.17) is 4.74 Å². The SMILES string of the molecule is CCCCCNC(=O)COC(=O)c1ccc(N2C(=O)CCC2=O)cc1. The van der Waals surface area contributed by atoms with Crippen molar-refractivity contribution in [2.24, 2.45) is 0 Å². The van der Waals surface area contributed by atoms with E-state index in [1.807, 2.05) is 0 Å². The van der Waals surface area contributed by atoms with Crippen molar-refractivity contribution in [1.29, 1.82) is 0 Å². The second-order valence-electron chi connectivity index (χ2n) is 5.80. The molecule has 0 aliphatic carbocycles. The van der Waals surface area contributed by atoms with E-state index in [0.717, 1.165) is 24.2 Å². The molecule has 1 aromatic carbocycles. The molecule has 0 aromatic heterocycles. The van der Waals surface area contributed by atoms with E-state index < -0.39 is 5.97 Å². The smallest absolute Gasteiger partial charge is 0.338 e. The lowest BCUT2D eigenvalue weighted by Gasteiger charge is -2.14. The Morgan fingerprint density at radius 1 is 1.08 bits per heavy atom. The van der Waals surface area contributed by atoms with Crippen molar-refractivity contribution in [1.82, 2.24) is 5.32 Å². The van der Waals surface area contributed by atoms with E-state index in [0.29, 0.717) is 12.2 Å². The zero-order valence-corrected chi connectivity index (χ0v) is 14.2. The minimum Gasteiger partial charge on any atom is -0.452 e.